The van der Waals surface area contributed by atoms with Crippen molar-refractivity contribution in [2.45, 2.75) is 13.0 Å². The highest BCUT2D eigenvalue weighted by Gasteiger charge is 2.22. The maximum atomic E-state index is 13.3. The van der Waals surface area contributed by atoms with Gasteiger partial charge in [-0.1, -0.05) is 24.3 Å². The molecule has 3 rings (SSSR count). The monoisotopic (exact) mass is 330 g/mol. The summed E-state index contributed by atoms with van der Waals surface area (Å²) in [6.07, 6.45) is 0.752. The van der Waals surface area contributed by atoms with E-state index in [-0.39, 0.29) is 24.0 Å². The van der Waals surface area contributed by atoms with Crippen LogP contribution in [-0.4, -0.2) is 28.9 Å². The highest BCUT2D eigenvalue weighted by atomic mass is 19.1. The first-order chi connectivity index (χ1) is 11.5. The molecule has 7 heteroatoms. The number of hydrogen-bond acceptors (Lipinski definition) is 4. The molecule has 0 atom stereocenters. The van der Waals surface area contributed by atoms with Crippen molar-refractivity contribution in [3.63, 3.8) is 0 Å². The van der Waals surface area contributed by atoms with Gasteiger partial charge in [-0.15, -0.1) is 0 Å². The molecular formula is C17H15FN2O4. The molecule has 124 valence electrons. The lowest BCUT2D eigenvalue weighted by atomic mass is 10.00. The van der Waals surface area contributed by atoms with Crippen molar-refractivity contribution in [1.82, 2.24) is 4.90 Å². The second-order valence-electron chi connectivity index (χ2n) is 5.49. The normalized spacial score (nSPS) is 13.3. The van der Waals surface area contributed by atoms with Crippen molar-refractivity contribution in [2.24, 2.45) is 0 Å². The van der Waals surface area contributed by atoms with E-state index in [9.17, 15) is 19.3 Å². The zero-order valence-electron chi connectivity index (χ0n) is 12.8. The lowest BCUT2D eigenvalue weighted by molar-refractivity contribution is -0.385. The van der Waals surface area contributed by atoms with E-state index in [1.165, 1.54) is 5.56 Å². The summed E-state index contributed by atoms with van der Waals surface area (Å²) < 4.78 is 18.5. The molecule has 1 aliphatic rings. The third-order valence-corrected chi connectivity index (χ3v) is 3.95. The number of hydrogen-bond donors (Lipinski definition) is 0. The standard InChI is InChI=1S/C17H15FN2O4/c18-14-5-6-15(20(22)23)16(9-14)24-11-17(21)19-8-7-12-3-1-2-4-13(12)10-19/h1-6,9H,7-8,10-11H2. The van der Waals surface area contributed by atoms with Crippen LogP contribution in [-0.2, 0) is 17.8 Å². The average Bonchev–Trinajstić information content (AvgIpc) is 2.59. The molecule has 1 heterocycles. The van der Waals surface area contributed by atoms with Crippen LogP contribution in [0.2, 0.25) is 0 Å². The zero-order valence-corrected chi connectivity index (χ0v) is 12.8. The summed E-state index contributed by atoms with van der Waals surface area (Å²) in [5.41, 5.74) is 1.92. The minimum absolute atomic E-state index is 0.245. The number of nitrogens with zero attached hydrogens (tertiary/aromatic N) is 2. The van der Waals surface area contributed by atoms with E-state index < -0.39 is 10.7 Å². The molecule has 0 aromatic heterocycles. The molecule has 1 amide bonds. The van der Waals surface area contributed by atoms with Gasteiger partial charge in [-0.3, -0.25) is 14.9 Å². The van der Waals surface area contributed by atoms with Crippen molar-refractivity contribution in [2.75, 3.05) is 13.2 Å². The Kier molecular flexibility index (Phi) is 4.41. The molecule has 2 aromatic carbocycles. The average molecular weight is 330 g/mol. The van der Waals surface area contributed by atoms with Crippen molar-refractivity contribution in [1.29, 1.82) is 0 Å². The van der Waals surface area contributed by atoms with Crippen LogP contribution in [0.3, 0.4) is 0 Å². The predicted octanol–water partition coefficient (Wildman–Crippen LogP) is 2.70. The predicted molar refractivity (Wildman–Crippen MR) is 84.1 cm³/mol. The number of nitro benzene ring substituents is 1. The lowest BCUT2D eigenvalue weighted by Gasteiger charge is -2.28. The van der Waals surface area contributed by atoms with Crippen LogP contribution in [0, 0.1) is 15.9 Å². The lowest BCUT2D eigenvalue weighted by Crippen LogP contribution is -2.38. The van der Waals surface area contributed by atoms with Gasteiger partial charge in [-0.25, -0.2) is 4.39 Å². The summed E-state index contributed by atoms with van der Waals surface area (Å²) in [6, 6.07) is 10.8. The molecule has 6 nitrogen and oxygen atoms in total. The summed E-state index contributed by atoms with van der Waals surface area (Å²) in [5, 5.41) is 10.9. The van der Waals surface area contributed by atoms with Gasteiger partial charge in [0.05, 0.1) is 4.92 Å². The summed E-state index contributed by atoms with van der Waals surface area (Å²) >= 11 is 0. The number of carbonyl (C=O) groups excluding carboxylic acids is 1. The fourth-order valence-electron chi connectivity index (χ4n) is 2.69. The Morgan fingerprint density at radius 3 is 2.75 bits per heavy atom. The first-order valence-electron chi connectivity index (χ1n) is 7.46. The molecule has 0 saturated heterocycles. The Hall–Kier alpha value is -2.96. The minimum atomic E-state index is -0.670. The SMILES string of the molecule is O=C(COc1cc(F)ccc1[N+](=O)[O-])N1CCc2ccccc2C1. The second-order valence-corrected chi connectivity index (χ2v) is 5.49. The third kappa shape index (κ3) is 3.34. The molecule has 0 aliphatic carbocycles. The van der Waals surface area contributed by atoms with E-state index in [0.29, 0.717) is 13.1 Å². The van der Waals surface area contributed by atoms with E-state index in [0.717, 1.165) is 30.2 Å². The number of ether oxygens (including phenoxy) is 1. The molecule has 1 aliphatic heterocycles. The number of fused-ring (bicyclic) bond motifs is 1. The van der Waals surface area contributed by atoms with Crippen LogP contribution < -0.4 is 4.74 Å². The van der Waals surface area contributed by atoms with Gasteiger partial charge in [-0.05, 0) is 23.6 Å². The molecule has 0 N–H and O–H groups in total. The summed E-state index contributed by atoms with van der Waals surface area (Å²) in [5.74, 6) is -1.19. The van der Waals surface area contributed by atoms with Crippen LogP contribution in [0.15, 0.2) is 42.5 Å². The molecule has 0 saturated carbocycles. The molecule has 0 unspecified atom stereocenters. The summed E-state index contributed by atoms with van der Waals surface area (Å²) in [7, 11) is 0. The first-order valence-corrected chi connectivity index (χ1v) is 7.46. The van der Waals surface area contributed by atoms with Crippen molar-refractivity contribution >= 4 is 11.6 Å². The molecule has 0 bridgehead atoms. The van der Waals surface area contributed by atoms with Crippen molar-refractivity contribution < 1.29 is 18.8 Å². The van der Waals surface area contributed by atoms with E-state index in [1.807, 2.05) is 24.3 Å². The fraction of sp³-hybridized carbons (Fsp3) is 0.235. The Bertz CT molecular complexity index is 794. The van der Waals surface area contributed by atoms with Crippen LogP contribution in [0.4, 0.5) is 10.1 Å². The number of nitro groups is 1. The molecule has 24 heavy (non-hydrogen) atoms. The summed E-state index contributed by atoms with van der Waals surface area (Å²) in [6.45, 7) is 0.667. The van der Waals surface area contributed by atoms with E-state index in [4.69, 9.17) is 4.74 Å². The van der Waals surface area contributed by atoms with Crippen molar-refractivity contribution in [3.05, 3.63) is 69.5 Å². The van der Waals surface area contributed by atoms with Gasteiger partial charge in [-0.2, -0.15) is 0 Å². The van der Waals surface area contributed by atoms with Gasteiger partial charge in [0.25, 0.3) is 5.91 Å². The van der Waals surface area contributed by atoms with Gasteiger partial charge in [0.15, 0.2) is 6.61 Å². The van der Waals surface area contributed by atoms with Crippen molar-refractivity contribution in [3.8, 4) is 5.75 Å². The number of benzene rings is 2. The molecular weight excluding hydrogens is 315 g/mol. The van der Waals surface area contributed by atoms with E-state index >= 15 is 0 Å². The number of rotatable bonds is 4. The number of halogens is 1. The first kappa shape index (κ1) is 15.9. The van der Waals surface area contributed by atoms with Gasteiger partial charge in [0.1, 0.15) is 5.82 Å². The highest BCUT2D eigenvalue weighted by Crippen LogP contribution is 2.27. The third-order valence-electron chi connectivity index (χ3n) is 3.95. The van der Waals surface area contributed by atoms with Crippen LogP contribution >= 0.6 is 0 Å². The number of amides is 1. The minimum Gasteiger partial charge on any atom is -0.477 e. The maximum Gasteiger partial charge on any atom is 0.311 e. The van der Waals surface area contributed by atoms with Crippen LogP contribution in [0.1, 0.15) is 11.1 Å². The van der Waals surface area contributed by atoms with Gasteiger partial charge < -0.3 is 9.64 Å². The zero-order chi connectivity index (χ0) is 17.1. The topological polar surface area (TPSA) is 72.7 Å². The Morgan fingerprint density at radius 1 is 1.25 bits per heavy atom. The molecule has 0 radical (unpaired) electrons. The second kappa shape index (κ2) is 6.66. The van der Waals surface area contributed by atoms with Gasteiger partial charge >= 0.3 is 5.69 Å². The number of carbonyl (C=O) groups is 1. The highest BCUT2D eigenvalue weighted by molar-refractivity contribution is 5.78. The van der Waals surface area contributed by atoms with Crippen LogP contribution in [0.25, 0.3) is 0 Å². The molecule has 0 fully saturated rings. The quantitative estimate of drug-likeness (QED) is 0.638. The fourth-order valence-corrected chi connectivity index (χ4v) is 2.69. The van der Waals surface area contributed by atoms with E-state index in [1.54, 1.807) is 4.90 Å². The molecule has 2 aromatic rings. The Morgan fingerprint density at radius 2 is 2.00 bits per heavy atom. The smallest absolute Gasteiger partial charge is 0.311 e. The van der Waals surface area contributed by atoms with E-state index in [2.05, 4.69) is 0 Å². The Balaban J connectivity index is 1.67. The van der Waals surface area contributed by atoms with Crippen LogP contribution in [0.5, 0.6) is 5.75 Å². The van der Waals surface area contributed by atoms with Gasteiger partial charge in [0.2, 0.25) is 5.75 Å². The van der Waals surface area contributed by atoms with Gasteiger partial charge in [0, 0.05) is 25.2 Å². The molecule has 0 spiro atoms. The largest absolute Gasteiger partial charge is 0.477 e. The maximum absolute atomic E-state index is 13.3. The Labute approximate surface area is 137 Å². The summed E-state index contributed by atoms with van der Waals surface area (Å²) in [4.78, 5) is 24.2.